The van der Waals surface area contributed by atoms with Gasteiger partial charge in [0, 0.05) is 12.1 Å². The van der Waals surface area contributed by atoms with Gasteiger partial charge in [-0.25, -0.2) is 0 Å². The van der Waals surface area contributed by atoms with Gasteiger partial charge in [-0.1, -0.05) is 13.8 Å². The average molecular weight is 296 g/mol. The topological polar surface area (TPSA) is 57.0 Å². The molecule has 1 atom stereocenters. The Morgan fingerprint density at radius 3 is 2.14 bits per heavy atom. The second-order valence-electron chi connectivity index (χ2n) is 4.80. The van der Waals surface area contributed by atoms with Gasteiger partial charge in [-0.05, 0) is 31.6 Å². The maximum Gasteiger partial charge on any atom is 0.203 e. The fourth-order valence-electron chi connectivity index (χ4n) is 2.68. The van der Waals surface area contributed by atoms with E-state index in [1.165, 1.54) is 0 Å². The Morgan fingerprint density at radius 2 is 1.71 bits per heavy atom. The predicted molar refractivity (Wildman–Crippen MR) is 85.4 cm³/mol. The van der Waals surface area contributed by atoms with Gasteiger partial charge in [0.15, 0.2) is 11.5 Å². The SMILES string of the molecule is CCCN(CC)C(CN)c1ccc(OC)c(OC)c1OC. The van der Waals surface area contributed by atoms with Crippen molar-refractivity contribution < 1.29 is 14.2 Å². The summed E-state index contributed by atoms with van der Waals surface area (Å²) < 4.78 is 16.4. The minimum atomic E-state index is 0.102. The van der Waals surface area contributed by atoms with E-state index in [2.05, 4.69) is 18.7 Å². The Balaban J connectivity index is 3.31. The van der Waals surface area contributed by atoms with Gasteiger partial charge in [0.1, 0.15) is 0 Å². The molecule has 0 radical (unpaired) electrons. The van der Waals surface area contributed by atoms with Crippen LogP contribution in [0.15, 0.2) is 12.1 Å². The van der Waals surface area contributed by atoms with Gasteiger partial charge >= 0.3 is 0 Å². The number of hydrogen-bond acceptors (Lipinski definition) is 5. The fourth-order valence-corrected chi connectivity index (χ4v) is 2.68. The van der Waals surface area contributed by atoms with Gasteiger partial charge in [-0.3, -0.25) is 4.90 Å². The smallest absolute Gasteiger partial charge is 0.203 e. The van der Waals surface area contributed by atoms with Gasteiger partial charge in [0.25, 0.3) is 0 Å². The van der Waals surface area contributed by atoms with Crippen molar-refractivity contribution in [2.24, 2.45) is 5.73 Å². The van der Waals surface area contributed by atoms with Crippen LogP contribution < -0.4 is 19.9 Å². The number of rotatable bonds is 9. The van der Waals surface area contributed by atoms with E-state index in [0.717, 1.165) is 25.1 Å². The molecule has 0 aliphatic heterocycles. The molecule has 5 heteroatoms. The van der Waals surface area contributed by atoms with Crippen LogP contribution >= 0.6 is 0 Å². The lowest BCUT2D eigenvalue weighted by Crippen LogP contribution is -2.34. The molecule has 0 bridgehead atoms. The Morgan fingerprint density at radius 1 is 1.05 bits per heavy atom. The zero-order valence-corrected chi connectivity index (χ0v) is 13.8. The normalized spacial score (nSPS) is 12.3. The molecule has 0 spiro atoms. The summed E-state index contributed by atoms with van der Waals surface area (Å²) >= 11 is 0. The predicted octanol–water partition coefficient (Wildman–Crippen LogP) is 2.44. The molecule has 0 amide bonds. The van der Waals surface area contributed by atoms with Crippen LogP contribution in [-0.2, 0) is 0 Å². The van der Waals surface area contributed by atoms with Crippen molar-refractivity contribution >= 4 is 0 Å². The lowest BCUT2D eigenvalue weighted by atomic mass is 10.0. The molecular weight excluding hydrogens is 268 g/mol. The lowest BCUT2D eigenvalue weighted by Gasteiger charge is -2.31. The van der Waals surface area contributed by atoms with Crippen LogP contribution in [-0.4, -0.2) is 45.9 Å². The first kappa shape index (κ1) is 17.6. The summed E-state index contributed by atoms with van der Waals surface area (Å²) in [6, 6.07) is 4.01. The third kappa shape index (κ3) is 3.80. The molecule has 5 nitrogen and oxygen atoms in total. The molecule has 1 rings (SSSR count). The van der Waals surface area contributed by atoms with E-state index in [1.54, 1.807) is 21.3 Å². The molecular formula is C16H28N2O3. The summed E-state index contributed by atoms with van der Waals surface area (Å²) in [7, 11) is 4.88. The zero-order chi connectivity index (χ0) is 15.8. The third-order valence-corrected chi connectivity index (χ3v) is 3.67. The largest absolute Gasteiger partial charge is 0.493 e. The van der Waals surface area contributed by atoms with Crippen molar-refractivity contribution in [1.29, 1.82) is 0 Å². The number of methoxy groups -OCH3 is 3. The van der Waals surface area contributed by atoms with Gasteiger partial charge < -0.3 is 19.9 Å². The number of hydrogen-bond donors (Lipinski definition) is 1. The van der Waals surface area contributed by atoms with Crippen LogP contribution in [0.3, 0.4) is 0 Å². The quantitative estimate of drug-likeness (QED) is 0.758. The summed E-state index contributed by atoms with van der Waals surface area (Å²) in [4.78, 5) is 2.35. The Labute approximate surface area is 128 Å². The second kappa shape index (κ2) is 8.74. The van der Waals surface area contributed by atoms with E-state index < -0.39 is 0 Å². The van der Waals surface area contributed by atoms with Crippen LogP contribution in [0.1, 0.15) is 31.9 Å². The van der Waals surface area contributed by atoms with Crippen molar-refractivity contribution in [2.75, 3.05) is 41.0 Å². The van der Waals surface area contributed by atoms with Crippen LogP contribution in [0, 0.1) is 0 Å². The highest BCUT2D eigenvalue weighted by Gasteiger charge is 2.24. The summed E-state index contributed by atoms with van der Waals surface area (Å²) in [6.07, 6.45) is 1.08. The first-order valence-electron chi connectivity index (χ1n) is 7.41. The minimum Gasteiger partial charge on any atom is -0.493 e. The molecule has 0 aromatic heterocycles. The van der Waals surface area contributed by atoms with E-state index >= 15 is 0 Å². The van der Waals surface area contributed by atoms with Crippen molar-refractivity contribution in [2.45, 2.75) is 26.3 Å². The standard InChI is InChI=1S/C16H28N2O3/c1-6-10-18(7-2)13(11-17)12-8-9-14(19-3)16(21-5)15(12)20-4/h8-9,13H,6-7,10-11,17H2,1-5H3. The minimum absolute atomic E-state index is 0.102. The maximum absolute atomic E-state index is 6.03. The highest BCUT2D eigenvalue weighted by Crippen LogP contribution is 2.43. The molecule has 2 N–H and O–H groups in total. The Bertz CT molecular complexity index is 438. The maximum atomic E-state index is 6.03. The molecule has 21 heavy (non-hydrogen) atoms. The first-order chi connectivity index (χ1) is 10.2. The van der Waals surface area contributed by atoms with Gasteiger partial charge in [-0.2, -0.15) is 0 Å². The number of benzene rings is 1. The Hall–Kier alpha value is -1.46. The number of nitrogens with two attached hydrogens (primary N) is 1. The summed E-state index contributed by atoms with van der Waals surface area (Å²) in [5.41, 5.74) is 7.06. The van der Waals surface area contributed by atoms with Crippen LogP contribution in [0.5, 0.6) is 17.2 Å². The molecule has 0 fully saturated rings. The first-order valence-corrected chi connectivity index (χ1v) is 7.41. The Kier molecular flexibility index (Phi) is 7.32. The van der Waals surface area contributed by atoms with E-state index in [-0.39, 0.29) is 6.04 Å². The molecule has 0 heterocycles. The highest BCUT2D eigenvalue weighted by molar-refractivity contribution is 5.56. The second-order valence-corrected chi connectivity index (χ2v) is 4.80. The van der Waals surface area contributed by atoms with Crippen molar-refractivity contribution in [3.8, 4) is 17.2 Å². The summed E-state index contributed by atoms with van der Waals surface area (Å²) in [5, 5.41) is 0. The van der Waals surface area contributed by atoms with Gasteiger partial charge in [-0.15, -0.1) is 0 Å². The number of ether oxygens (including phenoxy) is 3. The van der Waals surface area contributed by atoms with Crippen molar-refractivity contribution in [1.82, 2.24) is 4.90 Å². The van der Waals surface area contributed by atoms with Crippen molar-refractivity contribution in [3.63, 3.8) is 0 Å². The summed E-state index contributed by atoms with van der Waals surface area (Å²) in [5.74, 6) is 1.97. The highest BCUT2D eigenvalue weighted by atomic mass is 16.5. The molecule has 1 aromatic carbocycles. The molecule has 1 aromatic rings. The molecule has 1 unspecified atom stereocenters. The monoisotopic (exact) mass is 296 g/mol. The van der Waals surface area contributed by atoms with Crippen LogP contribution in [0.2, 0.25) is 0 Å². The van der Waals surface area contributed by atoms with Gasteiger partial charge in [0.05, 0.1) is 27.4 Å². The summed E-state index contributed by atoms with van der Waals surface area (Å²) in [6.45, 7) is 6.77. The molecule has 0 aliphatic carbocycles. The fraction of sp³-hybridized carbons (Fsp3) is 0.625. The van der Waals surface area contributed by atoms with Crippen LogP contribution in [0.25, 0.3) is 0 Å². The molecule has 0 aliphatic rings. The lowest BCUT2D eigenvalue weighted by molar-refractivity contribution is 0.207. The third-order valence-electron chi connectivity index (χ3n) is 3.67. The van der Waals surface area contributed by atoms with E-state index in [0.29, 0.717) is 23.8 Å². The van der Waals surface area contributed by atoms with E-state index in [1.807, 2.05) is 12.1 Å². The van der Waals surface area contributed by atoms with E-state index in [4.69, 9.17) is 19.9 Å². The van der Waals surface area contributed by atoms with Gasteiger partial charge in [0.2, 0.25) is 5.75 Å². The van der Waals surface area contributed by atoms with Crippen LogP contribution in [0.4, 0.5) is 0 Å². The molecule has 0 saturated carbocycles. The van der Waals surface area contributed by atoms with E-state index in [9.17, 15) is 0 Å². The molecule has 120 valence electrons. The zero-order valence-electron chi connectivity index (χ0n) is 13.8. The average Bonchev–Trinajstić information content (AvgIpc) is 2.53. The number of nitrogens with zero attached hydrogens (tertiary/aromatic N) is 1. The number of likely N-dealkylation sites (N-methyl/N-ethyl adjacent to an activating group) is 1. The van der Waals surface area contributed by atoms with Crippen molar-refractivity contribution in [3.05, 3.63) is 17.7 Å². The molecule has 0 saturated heterocycles.